The Bertz CT molecular complexity index is 461. The van der Waals surface area contributed by atoms with Crippen molar-refractivity contribution in [2.24, 2.45) is 0 Å². The van der Waals surface area contributed by atoms with Crippen molar-refractivity contribution in [1.82, 2.24) is 4.90 Å². The van der Waals surface area contributed by atoms with E-state index in [4.69, 9.17) is 5.11 Å². The second-order valence-electron chi connectivity index (χ2n) is 5.38. The molecule has 0 radical (unpaired) electrons. The molecule has 0 bridgehead atoms. The molecule has 0 spiro atoms. The maximum atomic E-state index is 10.9. The number of nitrogens with zero attached hydrogens (tertiary/aromatic N) is 2. The molecule has 1 N–H and O–H groups in total. The van der Waals surface area contributed by atoms with Crippen LogP contribution in [0.2, 0.25) is 0 Å². The molecule has 2 rings (SSSR count). The van der Waals surface area contributed by atoms with Crippen molar-refractivity contribution in [3.8, 4) is 0 Å². The normalized spacial score (nSPS) is 15.3. The Labute approximate surface area is 131 Å². The smallest absolute Gasteiger partial charge is 0.305 e. The molecule has 0 amide bonds. The van der Waals surface area contributed by atoms with E-state index in [0.717, 1.165) is 18.8 Å². The van der Waals surface area contributed by atoms with E-state index in [1.807, 2.05) is 6.07 Å². The number of anilines is 1. The van der Waals surface area contributed by atoms with Crippen LogP contribution in [0.15, 0.2) is 29.2 Å². The highest BCUT2D eigenvalue weighted by Crippen LogP contribution is 2.22. The van der Waals surface area contributed by atoms with Gasteiger partial charge in [0.25, 0.3) is 0 Å². The Morgan fingerprint density at radius 3 is 2.76 bits per heavy atom. The number of hydrogen-bond donors (Lipinski definition) is 1. The maximum absolute atomic E-state index is 10.9. The third kappa shape index (κ3) is 5.25. The number of carbonyl (C=O) groups is 1. The van der Waals surface area contributed by atoms with Crippen LogP contribution in [0.1, 0.15) is 19.3 Å². The average Bonchev–Trinajstić information content (AvgIpc) is 3.00. The molecule has 0 saturated carbocycles. The van der Waals surface area contributed by atoms with E-state index in [0.29, 0.717) is 6.54 Å². The first-order valence-corrected chi connectivity index (χ1v) is 8.74. The topological polar surface area (TPSA) is 43.8 Å². The molecule has 0 aromatic heterocycles. The molecule has 1 aromatic carbocycles. The molecule has 21 heavy (non-hydrogen) atoms. The fraction of sp³-hybridized carbons (Fsp3) is 0.562. The molecule has 0 unspecified atom stereocenters. The van der Waals surface area contributed by atoms with E-state index < -0.39 is 5.97 Å². The molecule has 1 saturated heterocycles. The SMILES string of the molecule is CSc1cccc(N(CCC(=O)O)CCN2CCCC2)c1. The van der Waals surface area contributed by atoms with E-state index in [2.05, 4.69) is 34.3 Å². The Hall–Kier alpha value is -1.20. The van der Waals surface area contributed by atoms with Crippen molar-refractivity contribution in [3.63, 3.8) is 0 Å². The van der Waals surface area contributed by atoms with Gasteiger partial charge in [0, 0.05) is 30.2 Å². The maximum Gasteiger partial charge on any atom is 0.305 e. The molecule has 0 atom stereocenters. The zero-order valence-corrected chi connectivity index (χ0v) is 13.4. The van der Waals surface area contributed by atoms with Gasteiger partial charge in [-0.1, -0.05) is 6.07 Å². The van der Waals surface area contributed by atoms with Crippen molar-refractivity contribution in [2.45, 2.75) is 24.2 Å². The molecule has 1 aromatic rings. The minimum Gasteiger partial charge on any atom is -0.481 e. The highest BCUT2D eigenvalue weighted by Gasteiger charge is 2.14. The van der Waals surface area contributed by atoms with Crippen molar-refractivity contribution in [1.29, 1.82) is 0 Å². The molecular weight excluding hydrogens is 284 g/mol. The number of rotatable bonds is 8. The standard InChI is InChI=1S/C16H24N2O2S/c1-21-15-6-4-5-14(13-15)18(10-7-16(19)20)12-11-17-8-2-3-9-17/h4-6,13H,2-3,7-12H2,1H3,(H,19,20). The summed E-state index contributed by atoms with van der Waals surface area (Å²) in [5, 5.41) is 8.95. The van der Waals surface area contributed by atoms with Gasteiger partial charge < -0.3 is 14.9 Å². The van der Waals surface area contributed by atoms with Crippen molar-refractivity contribution < 1.29 is 9.90 Å². The summed E-state index contributed by atoms with van der Waals surface area (Å²) in [6.07, 6.45) is 4.82. The third-order valence-corrected chi connectivity index (χ3v) is 4.62. The van der Waals surface area contributed by atoms with Crippen LogP contribution in [0.4, 0.5) is 5.69 Å². The number of likely N-dealkylation sites (tertiary alicyclic amines) is 1. The Kier molecular flexibility index (Phi) is 6.39. The zero-order chi connectivity index (χ0) is 15.1. The number of benzene rings is 1. The van der Waals surface area contributed by atoms with E-state index in [9.17, 15) is 4.79 Å². The van der Waals surface area contributed by atoms with E-state index in [-0.39, 0.29) is 6.42 Å². The van der Waals surface area contributed by atoms with Crippen LogP contribution < -0.4 is 4.90 Å². The van der Waals surface area contributed by atoms with E-state index in [1.54, 1.807) is 11.8 Å². The summed E-state index contributed by atoms with van der Waals surface area (Å²) in [7, 11) is 0. The average molecular weight is 308 g/mol. The lowest BCUT2D eigenvalue weighted by atomic mass is 10.2. The molecule has 1 aliphatic rings. The van der Waals surface area contributed by atoms with Crippen LogP contribution in [0, 0.1) is 0 Å². The summed E-state index contributed by atoms with van der Waals surface area (Å²) in [6.45, 7) is 4.84. The number of carboxylic acid groups (broad SMARTS) is 1. The summed E-state index contributed by atoms with van der Waals surface area (Å²) in [5.74, 6) is -0.734. The first kappa shape index (κ1) is 16.2. The molecule has 116 valence electrons. The van der Waals surface area contributed by atoms with Gasteiger partial charge in [0.1, 0.15) is 0 Å². The fourth-order valence-corrected chi connectivity index (χ4v) is 3.13. The van der Waals surface area contributed by atoms with Crippen molar-refractivity contribution in [3.05, 3.63) is 24.3 Å². The summed E-state index contributed by atoms with van der Waals surface area (Å²) in [6, 6.07) is 8.36. The second kappa shape index (κ2) is 8.29. The van der Waals surface area contributed by atoms with Gasteiger partial charge in [-0.05, 0) is 50.4 Å². The third-order valence-electron chi connectivity index (χ3n) is 3.90. The zero-order valence-electron chi connectivity index (χ0n) is 12.6. The summed E-state index contributed by atoms with van der Waals surface area (Å²) in [5.41, 5.74) is 1.13. The van der Waals surface area contributed by atoms with Gasteiger partial charge in [0.2, 0.25) is 0 Å². The van der Waals surface area contributed by atoms with Crippen LogP contribution in [0.5, 0.6) is 0 Å². The Morgan fingerprint density at radius 2 is 2.10 bits per heavy atom. The molecule has 1 aliphatic heterocycles. The van der Waals surface area contributed by atoms with Crippen LogP contribution in [0.25, 0.3) is 0 Å². The predicted molar refractivity (Wildman–Crippen MR) is 88.4 cm³/mol. The lowest BCUT2D eigenvalue weighted by molar-refractivity contribution is -0.136. The first-order valence-electron chi connectivity index (χ1n) is 7.52. The fourth-order valence-electron chi connectivity index (χ4n) is 2.68. The van der Waals surface area contributed by atoms with Gasteiger partial charge in [0.15, 0.2) is 0 Å². The molecule has 0 aliphatic carbocycles. The van der Waals surface area contributed by atoms with Crippen LogP contribution >= 0.6 is 11.8 Å². The summed E-state index contributed by atoms with van der Waals surface area (Å²) in [4.78, 5) is 16.8. The lowest BCUT2D eigenvalue weighted by Gasteiger charge is -2.27. The van der Waals surface area contributed by atoms with E-state index >= 15 is 0 Å². The predicted octanol–water partition coefficient (Wildman–Crippen LogP) is 2.79. The van der Waals surface area contributed by atoms with Crippen LogP contribution in [-0.4, -0.2) is 55.0 Å². The van der Waals surface area contributed by atoms with Gasteiger partial charge in [-0.25, -0.2) is 0 Å². The quantitative estimate of drug-likeness (QED) is 0.748. The largest absolute Gasteiger partial charge is 0.481 e. The summed E-state index contributed by atoms with van der Waals surface area (Å²) < 4.78 is 0. The second-order valence-corrected chi connectivity index (χ2v) is 6.26. The van der Waals surface area contributed by atoms with E-state index in [1.165, 1.54) is 30.8 Å². The molecule has 1 fully saturated rings. The van der Waals surface area contributed by atoms with Crippen LogP contribution in [-0.2, 0) is 4.79 Å². The number of hydrogen-bond acceptors (Lipinski definition) is 4. The first-order chi connectivity index (χ1) is 10.2. The Morgan fingerprint density at radius 1 is 1.33 bits per heavy atom. The molecular formula is C16H24N2O2S. The summed E-state index contributed by atoms with van der Waals surface area (Å²) >= 11 is 1.71. The molecule has 5 heteroatoms. The van der Waals surface area contributed by atoms with Crippen molar-refractivity contribution in [2.75, 3.05) is 43.9 Å². The van der Waals surface area contributed by atoms with Crippen LogP contribution in [0.3, 0.4) is 0 Å². The number of thioether (sulfide) groups is 1. The Balaban J connectivity index is 2.00. The van der Waals surface area contributed by atoms with Crippen molar-refractivity contribution >= 4 is 23.4 Å². The van der Waals surface area contributed by atoms with Gasteiger partial charge >= 0.3 is 5.97 Å². The highest BCUT2D eigenvalue weighted by molar-refractivity contribution is 7.98. The number of carboxylic acids is 1. The minimum absolute atomic E-state index is 0.184. The van der Waals surface area contributed by atoms with Gasteiger partial charge in [-0.2, -0.15) is 0 Å². The highest BCUT2D eigenvalue weighted by atomic mass is 32.2. The molecule has 4 nitrogen and oxygen atoms in total. The lowest BCUT2D eigenvalue weighted by Crippen LogP contribution is -2.35. The number of aliphatic carboxylic acids is 1. The monoisotopic (exact) mass is 308 g/mol. The van der Waals surface area contributed by atoms with Gasteiger partial charge in [-0.15, -0.1) is 11.8 Å². The minimum atomic E-state index is -0.734. The van der Waals surface area contributed by atoms with Gasteiger partial charge in [-0.3, -0.25) is 4.79 Å². The van der Waals surface area contributed by atoms with Gasteiger partial charge in [0.05, 0.1) is 6.42 Å². The molecule has 1 heterocycles.